The highest BCUT2D eigenvalue weighted by Crippen LogP contribution is 2.19. The van der Waals surface area contributed by atoms with E-state index in [1.807, 2.05) is 25.5 Å². The molecule has 0 aromatic rings. The van der Waals surface area contributed by atoms with E-state index in [4.69, 9.17) is 0 Å². The third-order valence-corrected chi connectivity index (χ3v) is 2.97. The van der Waals surface area contributed by atoms with E-state index in [0.717, 1.165) is 5.35 Å². The molecule has 2 rings (SSSR count). The van der Waals surface area contributed by atoms with Crippen LogP contribution in [0.3, 0.4) is 0 Å². The quantitative estimate of drug-likeness (QED) is 0.830. The van der Waals surface area contributed by atoms with E-state index in [1.165, 1.54) is 22.2 Å². The molecule has 0 saturated carbocycles. The molecular formula is C13H17N3. The van der Waals surface area contributed by atoms with Gasteiger partial charge in [0.15, 0.2) is 0 Å². The predicted octanol–water partition coefficient (Wildman–Crippen LogP) is 2.03. The average Bonchev–Trinajstić information content (AvgIpc) is 2.30. The van der Waals surface area contributed by atoms with Crippen LogP contribution in [0.5, 0.6) is 0 Å². The van der Waals surface area contributed by atoms with Crippen LogP contribution < -0.4 is 5.32 Å². The standard InChI is InChI=1S/C13H17N3/c1-9(8-14-3)11-7-12-13(11)15-6-5-10(2)16(12)4/h5-8,14H,1-4H3/b9-8+. The highest BCUT2D eigenvalue weighted by Gasteiger charge is 2.07. The van der Waals surface area contributed by atoms with E-state index in [-0.39, 0.29) is 0 Å². The molecule has 16 heavy (non-hydrogen) atoms. The van der Waals surface area contributed by atoms with Gasteiger partial charge in [-0.2, -0.15) is 0 Å². The van der Waals surface area contributed by atoms with Crippen molar-refractivity contribution < 1.29 is 0 Å². The summed E-state index contributed by atoms with van der Waals surface area (Å²) < 4.78 is 2.17. The van der Waals surface area contributed by atoms with Crippen molar-refractivity contribution in [2.45, 2.75) is 13.8 Å². The van der Waals surface area contributed by atoms with Crippen molar-refractivity contribution in [1.29, 1.82) is 0 Å². The molecule has 0 saturated heterocycles. The van der Waals surface area contributed by atoms with Crippen molar-refractivity contribution in [2.24, 2.45) is 7.05 Å². The molecule has 0 unspecified atom stereocenters. The van der Waals surface area contributed by atoms with Gasteiger partial charge in [0, 0.05) is 31.5 Å². The molecule has 0 aromatic heterocycles. The van der Waals surface area contributed by atoms with E-state index in [0.29, 0.717) is 0 Å². The molecule has 0 atom stereocenters. The zero-order valence-corrected chi connectivity index (χ0v) is 10.2. The molecule has 0 amide bonds. The lowest BCUT2D eigenvalue weighted by Gasteiger charge is -2.10. The number of aryl methyl sites for hydroxylation is 1. The third-order valence-electron chi connectivity index (χ3n) is 2.97. The van der Waals surface area contributed by atoms with E-state index < -0.39 is 0 Å². The van der Waals surface area contributed by atoms with Gasteiger partial charge in [-0.1, -0.05) is 0 Å². The number of allylic oxidation sites excluding steroid dienone is 1. The molecule has 0 radical (unpaired) electrons. The minimum Gasteiger partial charge on any atom is -0.394 e. The van der Waals surface area contributed by atoms with E-state index in [1.54, 1.807) is 0 Å². The number of aromatic nitrogens is 2. The Kier molecular flexibility index (Phi) is 2.69. The molecule has 1 N–H and O–H groups in total. The highest BCUT2D eigenvalue weighted by molar-refractivity contribution is 5.65. The zero-order valence-electron chi connectivity index (χ0n) is 10.2. The Bertz CT molecular complexity index is 592. The fraction of sp³-hybridized carbons (Fsp3) is 0.308. The second-order valence-electron chi connectivity index (χ2n) is 4.05. The maximum Gasteiger partial charge on any atom is 0.0942 e. The number of hydrogen-bond acceptors (Lipinski definition) is 2. The summed E-state index contributed by atoms with van der Waals surface area (Å²) in [6, 6.07) is 4.21. The average molecular weight is 215 g/mol. The van der Waals surface area contributed by atoms with Crippen molar-refractivity contribution >= 4 is 5.57 Å². The first-order valence-electron chi connectivity index (χ1n) is 5.40. The molecule has 0 spiro atoms. The van der Waals surface area contributed by atoms with Gasteiger partial charge in [0.2, 0.25) is 0 Å². The lowest BCUT2D eigenvalue weighted by molar-refractivity contribution is 0.820. The number of nitrogens with zero attached hydrogens (tertiary/aromatic N) is 2. The molecule has 1 heterocycles. The van der Waals surface area contributed by atoms with Crippen molar-refractivity contribution in [3.05, 3.63) is 46.5 Å². The number of rotatable bonds is 2. The van der Waals surface area contributed by atoms with Gasteiger partial charge in [-0.3, -0.25) is 4.98 Å². The van der Waals surface area contributed by atoms with Crippen LogP contribution in [0.25, 0.3) is 5.57 Å². The van der Waals surface area contributed by atoms with Crippen LogP contribution in [0.15, 0.2) is 24.5 Å². The fourth-order valence-electron chi connectivity index (χ4n) is 1.84. The van der Waals surface area contributed by atoms with Crippen molar-refractivity contribution in [2.75, 3.05) is 7.05 Å². The molecule has 1 aliphatic heterocycles. The van der Waals surface area contributed by atoms with Gasteiger partial charge in [-0.25, -0.2) is 0 Å². The smallest absolute Gasteiger partial charge is 0.0942 e. The summed E-state index contributed by atoms with van der Waals surface area (Å²) in [7, 11) is 3.98. The SMILES string of the molecule is CN/C=C(\C)c1cc2n(C)c(C)ccnc1=2. The summed E-state index contributed by atoms with van der Waals surface area (Å²) >= 11 is 0. The van der Waals surface area contributed by atoms with Gasteiger partial charge in [0.1, 0.15) is 0 Å². The Morgan fingerprint density at radius 2 is 2.25 bits per heavy atom. The Morgan fingerprint density at radius 1 is 1.50 bits per heavy atom. The molecule has 84 valence electrons. The zero-order chi connectivity index (χ0) is 11.7. The summed E-state index contributed by atoms with van der Waals surface area (Å²) in [5, 5.41) is 5.32. The summed E-state index contributed by atoms with van der Waals surface area (Å²) in [5.74, 6) is 0. The molecule has 0 aromatic carbocycles. The molecule has 2 aliphatic rings. The lowest BCUT2D eigenvalue weighted by Crippen LogP contribution is -2.04. The minimum absolute atomic E-state index is 1.08. The minimum atomic E-state index is 1.08. The summed E-state index contributed by atoms with van der Waals surface area (Å²) in [5.41, 5.74) is 3.64. The van der Waals surface area contributed by atoms with Crippen LogP contribution in [0.2, 0.25) is 0 Å². The summed E-state index contributed by atoms with van der Waals surface area (Å²) in [6.45, 7) is 4.18. The van der Waals surface area contributed by atoms with Crippen LogP contribution in [0.4, 0.5) is 0 Å². The van der Waals surface area contributed by atoms with Gasteiger partial charge in [0.05, 0.1) is 10.7 Å². The summed E-state index contributed by atoms with van der Waals surface area (Å²) in [4.78, 5) is 4.48. The van der Waals surface area contributed by atoms with Gasteiger partial charge in [-0.15, -0.1) is 0 Å². The monoisotopic (exact) mass is 215 g/mol. The molecule has 3 nitrogen and oxygen atoms in total. The van der Waals surface area contributed by atoms with Gasteiger partial charge in [-0.05, 0) is 37.8 Å². The molecular weight excluding hydrogens is 198 g/mol. The third kappa shape index (κ3) is 1.58. The lowest BCUT2D eigenvalue weighted by atomic mass is 10.0. The van der Waals surface area contributed by atoms with Crippen molar-refractivity contribution in [3.63, 3.8) is 0 Å². The van der Waals surface area contributed by atoms with Crippen LogP contribution in [0, 0.1) is 17.6 Å². The van der Waals surface area contributed by atoms with Crippen molar-refractivity contribution in [1.82, 2.24) is 14.9 Å². The van der Waals surface area contributed by atoms with Crippen molar-refractivity contribution in [3.8, 4) is 0 Å². The first-order valence-corrected chi connectivity index (χ1v) is 5.40. The maximum atomic E-state index is 4.48. The Labute approximate surface area is 95.5 Å². The molecule has 0 bridgehead atoms. The molecule has 1 aliphatic carbocycles. The van der Waals surface area contributed by atoms with E-state index in [2.05, 4.69) is 41.8 Å². The predicted molar refractivity (Wildman–Crippen MR) is 66.0 cm³/mol. The van der Waals surface area contributed by atoms with Crippen LogP contribution in [0.1, 0.15) is 18.2 Å². The van der Waals surface area contributed by atoms with E-state index in [9.17, 15) is 0 Å². The first kappa shape index (κ1) is 10.7. The van der Waals surface area contributed by atoms with Crippen LogP contribution >= 0.6 is 0 Å². The number of nitrogens with one attached hydrogen (secondary N) is 1. The Balaban J connectivity index is 2.67. The first-order chi connectivity index (χ1) is 7.65. The molecule has 3 heteroatoms. The van der Waals surface area contributed by atoms with Gasteiger partial charge < -0.3 is 9.88 Å². The second-order valence-corrected chi connectivity index (χ2v) is 4.05. The van der Waals surface area contributed by atoms with Gasteiger partial charge >= 0.3 is 0 Å². The van der Waals surface area contributed by atoms with Crippen LogP contribution in [-0.4, -0.2) is 16.6 Å². The Morgan fingerprint density at radius 3 is 2.94 bits per heavy atom. The fourth-order valence-corrected chi connectivity index (χ4v) is 1.84. The highest BCUT2D eigenvalue weighted by atomic mass is 14.9. The summed E-state index contributed by atoms with van der Waals surface area (Å²) in [6.07, 6.45) is 3.87. The normalized spacial score (nSPS) is 12.1. The van der Waals surface area contributed by atoms with Crippen LogP contribution in [-0.2, 0) is 7.05 Å². The molecule has 0 fully saturated rings. The Hall–Kier alpha value is -1.77. The van der Waals surface area contributed by atoms with E-state index >= 15 is 0 Å². The number of hydrogen-bond donors (Lipinski definition) is 1. The topological polar surface area (TPSA) is 29.9 Å². The largest absolute Gasteiger partial charge is 0.394 e. The maximum absolute atomic E-state index is 4.48. The van der Waals surface area contributed by atoms with Gasteiger partial charge in [0.25, 0.3) is 0 Å². The second kappa shape index (κ2) is 4.00.